The molecular weight excluding hydrogens is 657 g/mol. The summed E-state index contributed by atoms with van der Waals surface area (Å²) in [6.07, 6.45) is 4.00. The van der Waals surface area contributed by atoms with E-state index in [-0.39, 0.29) is 0 Å². The van der Waals surface area contributed by atoms with E-state index >= 15 is 0 Å². The molecule has 51 heavy (non-hydrogen) atoms. The minimum Gasteiger partial charge on any atom is -0.481 e. The van der Waals surface area contributed by atoms with Crippen LogP contribution in [0.4, 0.5) is 10.6 Å². The number of aromatic nitrogens is 4. The highest BCUT2D eigenvalue weighted by atomic mass is 28.3. The average Bonchev–Trinajstić information content (AvgIpc) is 3.44. The fraction of sp³-hybridized carbons (Fsp3) is 0.475. The van der Waals surface area contributed by atoms with Crippen molar-refractivity contribution in [3.63, 3.8) is 0 Å². The Morgan fingerprint density at radius 2 is 1.65 bits per heavy atom. The van der Waals surface area contributed by atoms with E-state index in [1.807, 2.05) is 24.4 Å². The first-order valence-corrected chi connectivity index (χ1v) is 20.0. The SMILES string of the molecule is CCc1ccn2c(-c3ccc(NC(=O)C(C)N(C)C(=O)OC(C)(C)C)nc3C#C[Si](C(C)C)(C(C)C)C(C)C)c(-c3cccnc3OC)nc2c1. The topological polar surface area (TPSA) is 111 Å². The summed E-state index contributed by atoms with van der Waals surface area (Å²) >= 11 is 0. The number of nitrogens with zero attached hydrogens (tertiary/aromatic N) is 5. The zero-order valence-corrected chi connectivity index (χ0v) is 33.5. The van der Waals surface area contributed by atoms with Gasteiger partial charge in [-0.25, -0.2) is 19.7 Å². The third kappa shape index (κ3) is 8.28. The summed E-state index contributed by atoms with van der Waals surface area (Å²) in [6, 6.07) is 10.9. The second-order valence-corrected chi connectivity index (χ2v) is 20.6. The molecule has 0 aliphatic rings. The minimum absolute atomic E-state index is 0.325. The molecule has 1 atom stereocenters. The molecule has 4 rings (SSSR count). The molecule has 0 spiro atoms. The van der Waals surface area contributed by atoms with Crippen LogP contribution >= 0.6 is 0 Å². The van der Waals surface area contributed by atoms with Crippen LogP contribution in [0.15, 0.2) is 48.8 Å². The number of aryl methyl sites for hydroxylation is 1. The Kier molecular flexibility index (Phi) is 12.0. The van der Waals surface area contributed by atoms with Crippen LogP contribution in [-0.4, -0.2) is 70.1 Å². The largest absolute Gasteiger partial charge is 0.481 e. The van der Waals surface area contributed by atoms with Gasteiger partial charge in [0.2, 0.25) is 11.8 Å². The van der Waals surface area contributed by atoms with Gasteiger partial charge < -0.3 is 14.8 Å². The summed E-state index contributed by atoms with van der Waals surface area (Å²) in [4.78, 5) is 42.1. The second-order valence-electron chi connectivity index (χ2n) is 15.0. The quantitative estimate of drug-likeness (QED) is 0.129. The Morgan fingerprint density at radius 3 is 2.24 bits per heavy atom. The predicted octanol–water partition coefficient (Wildman–Crippen LogP) is 8.79. The van der Waals surface area contributed by atoms with E-state index in [1.165, 1.54) is 4.90 Å². The van der Waals surface area contributed by atoms with Gasteiger partial charge in [-0.3, -0.25) is 14.1 Å². The lowest BCUT2D eigenvalue weighted by atomic mass is 10.0. The van der Waals surface area contributed by atoms with Gasteiger partial charge in [-0.2, -0.15) is 0 Å². The Labute approximate surface area is 304 Å². The molecule has 1 N–H and O–H groups in total. The van der Waals surface area contributed by atoms with Crippen molar-refractivity contribution in [3.8, 4) is 39.9 Å². The summed E-state index contributed by atoms with van der Waals surface area (Å²) in [6.45, 7) is 22.8. The highest BCUT2D eigenvalue weighted by Gasteiger charge is 2.42. The number of methoxy groups -OCH3 is 1. The maximum absolute atomic E-state index is 13.5. The number of ether oxygens (including phenoxy) is 2. The summed E-state index contributed by atoms with van der Waals surface area (Å²) in [5, 5.41) is 2.93. The number of amides is 2. The van der Waals surface area contributed by atoms with E-state index in [2.05, 4.69) is 86.8 Å². The van der Waals surface area contributed by atoms with Gasteiger partial charge in [-0.05, 0) is 92.7 Å². The number of rotatable bonds is 10. The molecule has 2 amide bonds. The van der Waals surface area contributed by atoms with Crippen molar-refractivity contribution in [1.29, 1.82) is 0 Å². The zero-order valence-electron chi connectivity index (χ0n) is 32.5. The Bertz CT molecular complexity index is 1930. The number of nitrogens with one attached hydrogen (secondary N) is 1. The average molecular weight is 711 g/mol. The van der Waals surface area contributed by atoms with Crippen molar-refractivity contribution in [3.05, 3.63) is 60.0 Å². The number of hydrogen-bond donors (Lipinski definition) is 1. The van der Waals surface area contributed by atoms with E-state index in [4.69, 9.17) is 19.4 Å². The molecular formula is C40H54N6O4Si. The maximum Gasteiger partial charge on any atom is 0.410 e. The molecule has 0 radical (unpaired) electrons. The van der Waals surface area contributed by atoms with Crippen LogP contribution in [0.2, 0.25) is 16.6 Å². The van der Waals surface area contributed by atoms with Crippen LogP contribution in [0.5, 0.6) is 5.88 Å². The highest BCUT2D eigenvalue weighted by Crippen LogP contribution is 2.42. The van der Waals surface area contributed by atoms with Gasteiger partial charge in [0.1, 0.15) is 42.6 Å². The van der Waals surface area contributed by atoms with Gasteiger partial charge in [0.25, 0.3) is 0 Å². The summed E-state index contributed by atoms with van der Waals surface area (Å²) < 4.78 is 13.2. The first kappa shape index (κ1) is 39.1. The number of imidazole rings is 1. The van der Waals surface area contributed by atoms with Gasteiger partial charge in [-0.1, -0.05) is 54.4 Å². The van der Waals surface area contributed by atoms with Crippen LogP contribution < -0.4 is 10.1 Å². The second kappa shape index (κ2) is 15.7. The molecule has 1 unspecified atom stereocenters. The Balaban J connectivity index is 1.96. The first-order chi connectivity index (χ1) is 23.9. The molecule has 11 heteroatoms. The third-order valence-electron chi connectivity index (χ3n) is 9.63. The molecule has 0 saturated carbocycles. The normalized spacial score (nSPS) is 12.5. The molecule has 0 aliphatic heterocycles. The van der Waals surface area contributed by atoms with E-state index in [0.29, 0.717) is 39.7 Å². The van der Waals surface area contributed by atoms with E-state index in [1.54, 1.807) is 54.1 Å². The van der Waals surface area contributed by atoms with Crippen molar-refractivity contribution in [2.75, 3.05) is 19.5 Å². The van der Waals surface area contributed by atoms with Crippen molar-refractivity contribution >= 4 is 31.5 Å². The van der Waals surface area contributed by atoms with Crippen LogP contribution in [0.25, 0.3) is 28.2 Å². The number of pyridine rings is 3. The lowest BCUT2D eigenvalue weighted by Crippen LogP contribution is -2.45. The lowest BCUT2D eigenvalue weighted by Gasteiger charge is -2.38. The molecule has 4 heterocycles. The molecule has 0 aliphatic carbocycles. The van der Waals surface area contributed by atoms with E-state index < -0.39 is 31.7 Å². The summed E-state index contributed by atoms with van der Waals surface area (Å²) in [5.74, 6) is 3.94. The number of carbonyl (C=O) groups is 2. The van der Waals surface area contributed by atoms with E-state index in [0.717, 1.165) is 34.5 Å². The van der Waals surface area contributed by atoms with Gasteiger partial charge in [-0.15, -0.1) is 5.54 Å². The number of anilines is 1. The standard InChI is InChI=1S/C40H54N6O4Si/c1-14-29-19-22-46-34(24-29)44-35(31-16-15-21-41-38(31)49-13)36(46)30-17-18-33(43-37(47)28(8)45(12)39(48)50-40(9,10)11)42-32(30)20-23-51(25(2)3,26(4)5)27(6)7/h15-19,21-22,24-28H,14H2,1-13H3,(H,42,43,47). The summed E-state index contributed by atoms with van der Waals surface area (Å²) in [7, 11) is 0.953. The van der Waals surface area contributed by atoms with E-state index in [9.17, 15) is 9.59 Å². The van der Waals surface area contributed by atoms with Crippen LogP contribution in [0, 0.1) is 11.5 Å². The number of hydrogen-bond acceptors (Lipinski definition) is 7. The number of carbonyl (C=O) groups excluding carboxylic acids is 2. The van der Waals surface area contributed by atoms with Crippen LogP contribution in [0.1, 0.15) is 87.4 Å². The molecule has 0 fully saturated rings. The predicted molar refractivity (Wildman–Crippen MR) is 208 cm³/mol. The molecule has 0 saturated heterocycles. The third-order valence-corrected chi connectivity index (χ3v) is 15.9. The fourth-order valence-corrected chi connectivity index (χ4v) is 12.0. The van der Waals surface area contributed by atoms with Crippen LogP contribution in [-0.2, 0) is 16.0 Å². The molecule has 4 aromatic rings. The van der Waals surface area contributed by atoms with Crippen molar-refractivity contribution in [2.24, 2.45) is 0 Å². The zero-order chi connectivity index (χ0) is 37.8. The summed E-state index contributed by atoms with van der Waals surface area (Å²) in [5.41, 5.74) is 9.77. The molecule has 10 nitrogen and oxygen atoms in total. The molecule has 0 bridgehead atoms. The molecule has 272 valence electrons. The van der Waals surface area contributed by atoms with Crippen molar-refractivity contribution in [2.45, 2.75) is 111 Å². The fourth-order valence-electron chi connectivity index (χ4n) is 6.80. The van der Waals surface area contributed by atoms with Crippen molar-refractivity contribution in [1.82, 2.24) is 24.3 Å². The van der Waals surface area contributed by atoms with Gasteiger partial charge >= 0.3 is 6.09 Å². The molecule has 0 aromatic carbocycles. The highest BCUT2D eigenvalue weighted by molar-refractivity contribution is 6.90. The van der Waals surface area contributed by atoms with Gasteiger partial charge in [0.15, 0.2) is 0 Å². The van der Waals surface area contributed by atoms with Crippen LogP contribution in [0.3, 0.4) is 0 Å². The van der Waals surface area contributed by atoms with Crippen molar-refractivity contribution < 1.29 is 19.1 Å². The van der Waals surface area contributed by atoms with Gasteiger partial charge in [0, 0.05) is 25.0 Å². The maximum atomic E-state index is 13.5. The lowest BCUT2D eigenvalue weighted by molar-refractivity contribution is -0.120. The number of likely N-dealkylation sites (N-methyl/N-ethyl adjacent to an activating group) is 1. The van der Waals surface area contributed by atoms with Gasteiger partial charge in [0.05, 0.1) is 18.4 Å². The Morgan fingerprint density at radius 1 is 0.980 bits per heavy atom. The smallest absolute Gasteiger partial charge is 0.410 e. The monoisotopic (exact) mass is 710 g/mol. The first-order valence-electron chi connectivity index (χ1n) is 17.8. The number of fused-ring (bicyclic) bond motifs is 1. The Hall–Kier alpha value is -4.69. The molecule has 4 aromatic heterocycles. The minimum atomic E-state index is -2.19.